The zero-order valence-electron chi connectivity index (χ0n) is 16.9. The first-order valence-electron chi connectivity index (χ1n) is 9.73. The number of ether oxygens (including phenoxy) is 1. The maximum absolute atomic E-state index is 13.4. The molecule has 0 saturated heterocycles. The average molecular weight is 412 g/mol. The summed E-state index contributed by atoms with van der Waals surface area (Å²) in [5.41, 5.74) is 1.08. The van der Waals surface area contributed by atoms with Gasteiger partial charge in [0.1, 0.15) is 5.82 Å². The number of esters is 1. The van der Waals surface area contributed by atoms with Crippen molar-refractivity contribution >= 4 is 16.0 Å². The van der Waals surface area contributed by atoms with E-state index in [4.69, 9.17) is 4.74 Å². The van der Waals surface area contributed by atoms with Crippen molar-refractivity contribution in [1.29, 1.82) is 0 Å². The molecule has 0 unspecified atom stereocenters. The Hall–Kier alpha value is -1.73. The summed E-state index contributed by atoms with van der Waals surface area (Å²) in [7, 11) is -3.78. The Labute approximate surface area is 167 Å². The quantitative estimate of drug-likeness (QED) is 0.520. The summed E-state index contributed by atoms with van der Waals surface area (Å²) < 4.78 is 46.1. The maximum Gasteiger partial charge on any atom is 0.306 e. The monoisotopic (exact) mass is 411 g/mol. The van der Waals surface area contributed by atoms with Crippen LogP contribution in [0.2, 0.25) is 0 Å². The van der Waals surface area contributed by atoms with Gasteiger partial charge in [0.05, 0.1) is 17.9 Å². The van der Waals surface area contributed by atoms with Gasteiger partial charge in [-0.2, -0.15) is 0 Å². The highest BCUT2D eigenvalue weighted by Gasteiger charge is 2.33. The van der Waals surface area contributed by atoms with Crippen molar-refractivity contribution in [2.24, 2.45) is 23.7 Å². The van der Waals surface area contributed by atoms with Gasteiger partial charge in [0, 0.05) is 6.54 Å². The van der Waals surface area contributed by atoms with E-state index < -0.39 is 15.8 Å². The summed E-state index contributed by atoms with van der Waals surface area (Å²) in [6, 6.07) is 4.98. The van der Waals surface area contributed by atoms with Gasteiger partial charge < -0.3 is 4.74 Å². The fourth-order valence-electron chi connectivity index (χ4n) is 3.85. The van der Waals surface area contributed by atoms with Crippen molar-refractivity contribution in [2.45, 2.75) is 45.4 Å². The summed E-state index contributed by atoms with van der Waals surface area (Å²) in [4.78, 5) is 11.8. The third-order valence-corrected chi connectivity index (χ3v) is 6.84. The van der Waals surface area contributed by atoms with Crippen LogP contribution in [-0.2, 0) is 19.6 Å². The van der Waals surface area contributed by atoms with Crippen molar-refractivity contribution in [3.63, 3.8) is 0 Å². The van der Waals surface area contributed by atoms with Gasteiger partial charge in [-0.25, -0.2) is 17.5 Å². The largest absolute Gasteiger partial charge is 0.466 e. The van der Waals surface area contributed by atoms with E-state index in [9.17, 15) is 17.6 Å². The molecular formula is C21H30FNO4S. The predicted molar refractivity (Wildman–Crippen MR) is 107 cm³/mol. The second kappa shape index (κ2) is 9.65. The maximum atomic E-state index is 13.4. The summed E-state index contributed by atoms with van der Waals surface area (Å²) in [6.45, 7) is 8.59. The summed E-state index contributed by atoms with van der Waals surface area (Å²) in [6.07, 6.45) is 3.23. The first-order valence-corrected chi connectivity index (χ1v) is 11.2. The molecule has 0 saturated carbocycles. The Kier molecular flexibility index (Phi) is 7.78. The zero-order valence-corrected chi connectivity index (χ0v) is 17.8. The lowest BCUT2D eigenvalue weighted by molar-refractivity contribution is -0.144. The molecule has 0 radical (unpaired) electrons. The van der Waals surface area contributed by atoms with Gasteiger partial charge in [0.2, 0.25) is 10.0 Å². The molecule has 3 atom stereocenters. The van der Waals surface area contributed by atoms with E-state index in [0.717, 1.165) is 18.1 Å². The van der Waals surface area contributed by atoms with Crippen molar-refractivity contribution < 1.29 is 22.3 Å². The van der Waals surface area contributed by atoms with Crippen molar-refractivity contribution in [2.75, 3.05) is 13.2 Å². The highest BCUT2D eigenvalue weighted by Crippen LogP contribution is 2.39. The molecule has 0 fully saturated rings. The van der Waals surface area contributed by atoms with E-state index in [1.165, 1.54) is 18.2 Å². The molecule has 0 heterocycles. The topological polar surface area (TPSA) is 72.5 Å². The highest BCUT2D eigenvalue weighted by molar-refractivity contribution is 7.89. The molecule has 0 aromatic heterocycles. The molecule has 1 aromatic carbocycles. The number of carbonyl (C=O) groups is 1. The fraction of sp³-hybridized carbons (Fsp3) is 0.571. The number of nitrogens with one attached hydrogen (secondary N) is 1. The van der Waals surface area contributed by atoms with Gasteiger partial charge in [-0.05, 0) is 62.1 Å². The van der Waals surface area contributed by atoms with Crippen LogP contribution in [0.1, 0.15) is 40.5 Å². The molecule has 1 N–H and O–H groups in total. The molecule has 1 aliphatic rings. The summed E-state index contributed by atoms with van der Waals surface area (Å²) >= 11 is 0. The van der Waals surface area contributed by atoms with Gasteiger partial charge in [-0.1, -0.05) is 31.6 Å². The van der Waals surface area contributed by atoms with Crippen LogP contribution in [0.4, 0.5) is 4.39 Å². The number of sulfonamides is 1. The molecule has 5 nitrogen and oxygen atoms in total. The number of carbonyl (C=O) groups excluding carboxylic acids is 1. The SMILES string of the molecule is CCOC(=O)C[C@@H]1C[C@@H](C(C)C)[C@H](CNS(=O)(=O)c2cccc(F)c2)C=C1C. The number of rotatable bonds is 8. The van der Waals surface area contributed by atoms with E-state index >= 15 is 0 Å². The smallest absolute Gasteiger partial charge is 0.306 e. The molecule has 2 rings (SSSR count). The third kappa shape index (κ3) is 5.88. The Morgan fingerprint density at radius 1 is 1.36 bits per heavy atom. The molecule has 0 amide bonds. The lowest BCUT2D eigenvalue weighted by Crippen LogP contribution is -2.37. The second-order valence-electron chi connectivity index (χ2n) is 7.73. The van der Waals surface area contributed by atoms with Crippen LogP contribution in [0.5, 0.6) is 0 Å². The molecule has 0 aliphatic heterocycles. The minimum Gasteiger partial charge on any atom is -0.466 e. The minimum absolute atomic E-state index is 0.0155. The third-order valence-electron chi connectivity index (χ3n) is 5.42. The normalized spacial score (nSPS) is 22.8. The Balaban J connectivity index is 2.13. The number of allylic oxidation sites excluding steroid dienone is 1. The van der Waals surface area contributed by atoms with Crippen LogP contribution in [0.15, 0.2) is 40.8 Å². The van der Waals surface area contributed by atoms with Gasteiger partial charge >= 0.3 is 5.97 Å². The Morgan fingerprint density at radius 3 is 2.68 bits per heavy atom. The van der Waals surface area contributed by atoms with E-state index in [2.05, 4.69) is 24.6 Å². The summed E-state index contributed by atoms with van der Waals surface area (Å²) in [5, 5.41) is 0. The first-order chi connectivity index (χ1) is 13.1. The van der Waals surface area contributed by atoms with Crippen LogP contribution >= 0.6 is 0 Å². The van der Waals surface area contributed by atoms with Crippen LogP contribution in [0.25, 0.3) is 0 Å². The van der Waals surface area contributed by atoms with E-state index in [-0.39, 0.29) is 35.2 Å². The molecule has 156 valence electrons. The molecule has 28 heavy (non-hydrogen) atoms. The Morgan fingerprint density at radius 2 is 2.07 bits per heavy atom. The number of benzene rings is 1. The predicted octanol–water partition coefficient (Wildman–Crippen LogP) is 3.91. The minimum atomic E-state index is -3.78. The van der Waals surface area contributed by atoms with E-state index in [0.29, 0.717) is 18.9 Å². The van der Waals surface area contributed by atoms with Gasteiger partial charge in [-0.3, -0.25) is 4.79 Å². The zero-order chi connectivity index (χ0) is 20.9. The highest BCUT2D eigenvalue weighted by atomic mass is 32.2. The van der Waals surface area contributed by atoms with E-state index in [1.54, 1.807) is 6.92 Å². The fourth-order valence-corrected chi connectivity index (χ4v) is 4.96. The molecule has 0 bridgehead atoms. The van der Waals surface area contributed by atoms with Gasteiger partial charge in [0.15, 0.2) is 0 Å². The van der Waals surface area contributed by atoms with Gasteiger partial charge in [-0.15, -0.1) is 0 Å². The average Bonchev–Trinajstić information content (AvgIpc) is 2.62. The standard InChI is InChI=1S/C21H30FNO4S/c1-5-27-21(24)11-16-10-20(14(2)3)17(9-15(16)4)13-23-28(25,26)19-8-6-7-18(22)12-19/h6-9,12,14,16-17,20,23H,5,10-11,13H2,1-4H3/t16-,17-,20-/m0/s1. The number of halogens is 1. The van der Waals surface area contributed by atoms with Crippen LogP contribution in [-0.4, -0.2) is 27.5 Å². The van der Waals surface area contributed by atoms with Crippen LogP contribution in [0.3, 0.4) is 0 Å². The van der Waals surface area contributed by atoms with E-state index in [1.807, 2.05) is 6.92 Å². The van der Waals surface area contributed by atoms with Crippen LogP contribution in [0, 0.1) is 29.5 Å². The summed E-state index contributed by atoms with van der Waals surface area (Å²) in [5.74, 6) is -0.0912. The second-order valence-corrected chi connectivity index (χ2v) is 9.50. The number of hydrogen-bond donors (Lipinski definition) is 1. The van der Waals surface area contributed by atoms with Gasteiger partial charge in [0.25, 0.3) is 0 Å². The Bertz CT molecular complexity index is 819. The van der Waals surface area contributed by atoms with Crippen molar-refractivity contribution in [3.05, 3.63) is 41.7 Å². The lowest BCUT2D eigenvalue weighted by Gasteiger charge is -2.37. The van der Waals surface area contributed by atoms with Crippen molar-refractivity contribution in [3.8, 4) is 0 Å². The van der Waals surface area contributed by atoms with Crippen LogP contribution < -0.4 is 4.72 Å². The first kappa shape index (κ1) is 22.6. The molecule has 1 aliphatic carbocycles. The lowest BCUT2D eigenvalue weighted by atomic mass is 9.70. The molecule has 1 aromatic rings. The number of hydrogen-bond acceptors (Lipinski definition) is 4. The molecule has 0 spiro atoms. The van der Waals surface area contributed by atoms with Crippen molar-refractivity contribution in [1.82, 2.24) is 4.72 Å². The molecular weight excluding hydrogens is 381 g/mol. The molecule has 7 heteroatoms.